The summed E-state index contributed by atoms with van der Waals surface area (Å²) in [5.74, 6) is -2.73. The van der Waals surface area contributed by atoms with Crippen molar-refractivity contribution in [3.8, 4) is 0 Å². The average Bonchev–Trinajstić information content (AvgIpc) is 2.62. The molecule has 0 rings (SSSR count). The van der Waals surface area contributed by atoms with Gasteiger partial charge in [0.2, 0.25) is 0 Å². The van der Waals surface area contributed by atoms with Gasteiger partial charge in [-0.05, 0) is 12.8 Å². The number of quaternary nitrogens is 2. The third-order valence-electron chi connectivity index (χ3n) is 3.33. The third-order valence-corrected chi connectivity index (χ3v) is 3.33. The maximum Gasteiger partial charge on any atom is 0.101 e. The van der Waals surface area contributed by atoms with Crippen LogP contribution in [-0.4, -0.2) is 121 Å². The monoisotopic (exact) mass is 416 g/mol. The van der Waals surface area contributed by atoms with Crippen LogP contribution >= 0.6 is 0 Å². The molecule has 0 unspecified atom stereocenters. The average molecular weight is 416 g/mol. The highest BCUT2D eigenvalue weighted by Gasteiger charge is 2.04. The van der Waals surface area contributed by atoms with Gasteiger partial charge in [0.25, 0.3) is 0 Å². The number of hydrogen-bond acceptors (Lipinski definition) is 10. The van der Waals surface area contributed by atoms with Gasteiger partial charge in [0.05, 0.1) is 39.6 Å². The van der Waals surface area contributed by atoms with Crippen molar-refractivity contribution in [2.24, 2.45) is 0 Å². The fraction of sp³-hybridized carbons (Fsp3) is 0.875. The number of carboxylic acid groups (broad SMARTS) is 2. The van der Waals surface area contributed by atoms with Crippen molar-refractivity contribution in [3.63, 3.8) is 0 Å². The quantitative estimate of drug-likeness (QED) is 0.126. The van der Waals surface area contributed by atoms with E-state index >= 15 is 0 Å². The van der Waals surface area contributed by atoms with E-state index in [0.717, 1.165) is 9.80 Å². The summed E-state index contributed by atoms with van der Waals surface area (Å²) >= 11 is 0. The minimum Gasteiger partial charge on any atom is -0.550 e. The molecule has 0 heterocycles. The smallest absolute Gasteiger partial charge is 0.101 e. The standard InChI is InChI=1S/2C6H15NO3.C4H6O4/c2*8-4-1-7(2-5-9)3-6-10;5-3(6)1-2-4(7)8/h2*8-10H,1-6H2;1-2H2,(H,5,6)(H,7,8). The Kier molecular flexibility index (Phi) is 28.7. The Hall–Kier alpha value is -1.38. The van der Waals surface area contributed by atoms with Gasteiger partial charge in [-0.2, -0.15) is 0 Å². The molecule has 12 heteroatoms. The van der Waals surface area contributed by atoms with Crippen LogP contribution < -0.4 is 20.0 Å². The van der Waals surface area contributed by atoms with Crippen molar-refractivity contribution in [2.75, 3.05) is 78.9 Å². The Morgan fingerprint density at radius 1 is 0.500 bits per heavy atom. The number of carbonyl (C=O) groups excluding carboxylic acids is 2. The maximum atomic E-state index is 9.50. The molecule has 0 fully saturated rings. The topological polar surface area (TPSA) is 211 Å². The second-order valence-corrected chi connectivity index (χ2v) is 5.59. The van der Waals surface area contributed by atoms with Crippen LogP contribution in [0.1, 0.15) is 12.8 Å². The molecule has 0 aliphatic rings. The van der Waals surface area contributed by atoms with E-state index in [4.69, 9.17) is 30.6 Å². The molecule has 0 aliphatic heterocycles. The summed E-state index contributed by atoms with van der Waals surface area (Å²) in [5.41, 5.74) is 0. The molecule has 0 aliphatic carbocycles. The number of aliphatic hydroxyl groups is 6. The third kappa shape index (κ3) is 29.4. The lowest BCUT2D eigenvalue weighted by Crippen LogP contribution is -3.13. The molecule has 12 nitrogen and oxygen atoms in total. The van der Waals surface area contributed by atoms with Crippen molar-refractivity contribution >= 4 is 11.9 Å². The number of rotatable bonds is 15. The first-order valence-corrected chi connectivity index (χ1v) is 9.04. The zero-order chi connectivity index (χ0) is 22.2. The zero-order valence-electron chi connectivity index (χ0n) is 16.2. The Balaban J connectivity index is -0.000000337. The van der Waals surface area contributed by atoms with Crippen molar-refractivity contribution in [1.29, 1.82) is 0 Å². The van der Waals surface area contributed by atoms with Crippen molar-refractivity contribution in [2.45, 2.75) is 12.8 Å². The number of carboxylic acids is 2. The molecule has 8 N–H and O–H groups in total. The van der Waals surface area contributed by atoms with Crippen LogP contribution in [0.3, 0.4) is 0 Å². The van der Waals surface area contributed by atoms with Gasteiger partial charge in [0.1, 0.15) is 39.3 Å². The van der Waals surface area contributed by atoms with E-state index in [1.807, 2.05) is 0 Å². The molecule has 0 atom stereocenters. The van der Waals surface area contributed by atoms with Crippen LogP contribution in [0.15, 0.2) is 0 Å². The predicted octanol–water partition coefficient (Wildman–Crippen LogP) is -9.04. The first-order valence-electron chi connectivity index (χ1n) is 9.04. The van der Waals surface area contributed by atoms with Crippen LogP contribution in [0.4, 0.5) is 0 Å². The molecular formula is C16H36N2O10. The van der Waals surface area contributed by atoms with Crippen molar-refractivity contribution in [1.82, 2.24) is 0 Å². The van der Waals surface area contributed by atoms with E-state index in [2.05, 4.69) is 0 Å². The van der Waals surface area contributed by atoms with Crippen molar-refractivity contribution < 1.29 is 60.2 Å². The highest BCUT2D eigenvalue weighted by Crippen LogP contribution is 1.81. The van der Waals surface area contributed by atoms with Gasteiger partial charge in [-0.25, -0.2) is 0 Å². The molecule has 0 spiro atoms. The van der Waals surface area contributed by atoms with E-state index in [0.29, 0.717) is 39.3 Å². The molecule has 0 aromatic carbocycles. The summed E-state index contributed by atoms with van der Waals surface area (Å²) in [6, 6.07) is 0. The van der Waals surface area contributed by atoms with Gasteiger partial charge in [-0.1, -0.05) is 0 Å². The van der Waals surface area contributed by atoms with Crippen LogP contribution in [0.5, 0.6) is 0 Å². The zero-order valence-corrected chi connectivity index (χ0v) is 16.2. The Morgan fingerprint density at radius 2 is 0.679 bits per heavy atom. The molecule has 0 saturated heterocycles. The van der Waals surface area contributed by atoms with Crippen LogP contribution in [0.2, 0.25) is 0 Å². The maximum absolute atomic E-state index is 9.50. The lowest BCUT2D eigenvalue weighted by molar-refractivity contribution is -0.901. The molecule has 0 bridgehead atoms. The number of hydrogen-bond donors (Lipinski definition) is 8. The van der Waals surface area contributed by atoms with Crippen LogP contribution in [-0.2, 0) is 9.59 Å². The fourth-order valence-electron chi connectivity index (χ4n) is 1.90. The van der Waals surface area contributed by atoms with Gasteiger partial charge in [0.15, 0.2) is 0 Å². The molecule has 0 amide bonds. The van der Waals surface area contributed by atoms with Gasteiger partial charge in [-0.15, -0.1) is 0 Å². The minimum atomic E-state index is -1.37. The van der Waals surface area contributed by atoms with Crippen molar-refractivity contribution in [3.05, 3.63) is 0 Å². The summed E-state index contributed by atoms with van der Waals surface area (Å²) in [6.07, 6.45) is -0.940. The molecule has 28 heavy (non-hydrogen) atoms. The summed E-state index contributed by atoms with van der Waals surface area (Å²) in [7, 11) is 0. The summed E-state index contributed by atoms with van der Waals surface area (Å²) in [4.78, 5) is 21.1. The normalized spacial score (nSPS) is 10.1. The highest BCUT2D eigenvalue weighted by atomic mass is 16.4. The lowest BCUT2D eigenvalue weighted by atomic mass is 10.3. The Morgan fingerprint density at radius 3 is 0.786 bits per heavy atom. The van der Waals surface area contributed by atoms with E-state index in [1.54, 1.807) is 0 Å². The predicted molar refractivity (Wildman–Crippen MR) is 92.9 cm³/mol. The van der Waals surface area contributed by atoms with Gasteiger partial charge >= 0.3 is 0 Å². The number of aliphatic hydroxyl groups excluding tert-OH is 6. The van der Waals surface area contributed by atoms with E-state index in [-0.39, 0.29) is 39.6 Å². The second-order valence-electron chi connectivity index (χ2n) is 5.59. The Labute approximate surface area is 164 Å². The first-order chi connectivity index (χ1) is 13.3. The lowest BCUT2D eigenvalue weighted by Gasteiger charge is -2.15. The van der Waals surface area contributed by atoms with E-state index in [1.165, 1.54) is 0 Å². The summed E-state index contributed by atoms with van der Waals surface area (Å²) in [6.45, 7) is 4.23. The number of nitrogens with one attached hydrogen (secondary N) is 2. The van der Waals surface area contributed by atoms with E-state index in [9.17, 15) is 19.8 Å². The first kappa shape index (κ1) is 31.3. The SMILES string of the molecule is O=C([O-])CCC(=O)[O-].OCC[NH+](CCO)CCO.OCC[NH+](CCO)CCO. The number of carbonyl (C=O) groups is 2. The molecular weight excluding hydrogens is 380 g/mol. The fourth-order valence-corrected chi connectivity index (χ4v) is 1.90. The number of aliphatic carboxylic acids is 2. The van der Waals surface area contributed by atoms with Gasteiger partial charge < -0.3 is 60.2 Å². The van der Waals surface area contributed by atoms with Gasteiger partial charge in [-0.3, -0.25) is 0 Å². The largest absolute Gasteiger partial charge is 0.550 e. The molecule has 0 aromatic heterocycles. The Bertz CT molecular complexity index is 287. The highest BCUT2D eigenvalue weighted by molar-refractivity contribution is 5.72. The second kappa shape index (κ2) is 25.6. The molecule has 0 aromatic rings. The molecule has 170 valence electrons. The molecule has 0 saturated carbocycles. The minimum absolute atomic E-state index is 0.106. The van der Waals surface area contributed by atoms with Crippen LogP contribution in [0.25, 0.3) is 0 Å². The van der Waals surface area contributed by atoms with Gasteiger partial charge in [0, 0.05) is 11.9 Å². The van der Waals surface area contributed by atoms with E-state index < -0.39 is 24.8 Å². The summed E-state index contributed by atoms with van der Waals surface area (Å²) < 4.78 is 0. The summed E-state index contributed by atoms with van der Waals surface area (Å²) in [5, 5.41) is 70.0. The van der Waals surface area contributed by atoms with Crippen LogP contribution in [0, 0.1) is 0 Å². The molecule has 0 radical (unpaired) electrons.